The molecule has 1 aliphatic rings. The Morgan fingerprint density at radius 2 is 1.89 bits per heavy atom. The third kappa shape index (κ3) is 4.99. The molecule has 0 bridgehead atoms. The molecule has 9 nitrogen and oxygen atoms in total. The molecule has 3 aromatic rings. The monoisotopic (exact) mass is 509 g/mol. The second-order valence-electron chi connectivity index (χ2n) is 9.82. The standard InChI is InChI=1S/C26H31N5O4S/c1-16-14-26(3,4)31(15-16)24-20(25(32)30-36(33,34)22-11-7-10-21(27)28-22)12-17(2)23(29-24)18-8-6-9-19(13-18)35-5/h6-13,16H,14-15H2,1-5H3,(H2,27,28)(H,30,32). The number of nitrogens with two attached hydrogens (primary N) is 1. The van der Waals surface area contributed by atoms with Crippen molar-refractivity contribution >= 4 is 27.6 Å². The first-order valence-corrected chi connectivity index (χ1v) is 13.1. The Balaban J connectivity index is 1.83. The summed E-state index contributed by atoms with van der Waals surface area (Å²) in [5.74, 6) is 0.754. The first-order chi connectivity index (χ1) is 16.9. The van der Waals surface area contributed by atoms with Gasteiger partial charge < -0.3 is 15.4 Å². The number of benzene rings is 1. The summed E-state index contributed by atoms with van der Waals surface area (Å²) in [6, 6.07) is 13.4. The average Bonchev–Trinajstić information content (AvgIpc) is 3.10. The molecule has 1 aliphatic heterocycles. The number of hydrogen-bond donors (Lipinski definition) is 2. The van der Waals surface area contributed by atoms with Gasteiger partial charge in [-0.25, -0.2) is 14.7 Å². The quantitative estimate of drug-likeness (QED) is 0.514. The number of carbonyl (C=O) groups is 1. The molecule has 2 aromatic heterocycles. The van der Waals surface area contributed by atoms with Crippen molar-refractivity contribution in [3.63, 3.8) is 0 Å². The van der Waals surface area contributed by atoms with Crippen molar-refractivity contribution in [2.75, 3.05) is 24.3 Å². The number of aryl methyl sites for hydroxylation is 1. The molecule has 190 valence electrons. The number of anilines is 2. The Labute approximate surface area is 211 Å². The van der Waals surface area contributed by atoms with E-state index in [-0.39, 0.29) is 21.9 Å². The topological polar surface area (TPSA) is 128 Å². The zero-order valence-corrected chi connectivity index (χ0v) is 21.9. The van der Waals surface area contributed by atoms with E-state index in [0.717, 1.165) is 17.5 Å². The number of amides is 1. The van der Waals surface area contributed by atoms with Gasteiger partial charge in [0.15, 0.2) is 5.03 Å². The number of aromatic nitrogens is 2. The number of ether oxygens (including phenoxy) is 1. The summed E-state index contributed by atoms with van der Waals surface area (Å²) in [5.41, 5.74) is 7.79. The number of hydrogen-bond acceptors (Lipinski definition) is 8. The molecule has 3 N–H and O–H groups in total. The predicted octanol–water partition coefficient (Wildman–Crippen LogP) is 3.79. The van der Waals surface area contributed by atoms with Crippen LogP contribution in [0, 0.1) is 12.8 Å². The fourth-order valence-electron chi connectivity index (χ4n) is 4.81. The molecular weight excluding hydrogens is 478 g/mol. The highest BCUT2D eigenvalue weighted by Gasteiger charge is 2.39. The molecule has 4 rings (SSSR count). The van der Waals surface area contributed by atoms with Crippen LogP contribution in [-0.4, -0.2) is 43.5 Å². The highest BCUT2D eigenvalue weighted by molar-refractivity contribution is 7.90. The Bertz CT molecular complexity index is 1420. The molecule has 1 unspecified atom stereocenters. The van der Waals surface area contributed by atoms with Crippen molar-refractivity contribution < 1.29 is 17.9 Å². The van der Waals surface area contributed by atoms with Crippen LogP contribution < -0.4 is 20.1 Å². The summed E-state index contributed by atoms with van der Waals surface area (Å²) in [6.07, 6.45) is 0.906. The van der Waals surface area contributed by atoms with Crippen LogP contribution in [0.3, 0.4) is 0 Å². The Kier molecular flexibility index (Phi) is 6.66. The van der Waals surface area contributed by atoms with E-state index in [2.05, 4.69) is 35.4 Å². The van der Waals surface area contributed by atoms with Crippen molar-refractivity contribution in [2.24, 2.45) is 5.92 Å². The third-order valence-corrected chi connectivity index (χ3v) is 7.59. The lowest BCUT2D eigenvalue weighted by Gasteiger charge is -2.34. The zero-order valence-electron chi connectivity index (χ0n) is 21.1. The van der Waals surface area contributed by atoms with E-state index >= 15 is 0 Å². The number of sulfonamides is 1. The average molecular weight is 510 g/mol. The normalized spacial score (nSPS) is 17.1. The number of nitrogen functional groups attached to an aromatic ring is 1. The summed E-state index contributed by atoms with van der Waals surface area (Å²) < 4.78 is 33.4. The summed E-state index contributed by atoms with van der Waals surface area (Å²) in [6.45, 7) is 8.86. The first kappa shape index (κ1) is 25.4. The molecule has 0 radical (unpaired) electrons. The zero-order chi connectivity index (χ0) is 26.3. The van der Waals surface area contributed by atoms with Gasteiger partial charge in [-0.15, -0.1) is 0 Å². The lowest BCUT2D eigenvalue weighted by atomic mass is 9.97. The largest absolute Gasteiger partial charge is 0.497 e. The molecule has 0 saturated carbocycles. The van der Waals surface area contributed by atoms with Crippen LogP contribution in [-0.2, 0) is 10.0 Å². The van der Waals surface area contributed by atoms with Gasteiger partial charge in [-0.2, -0.15) is 8.42 Å². The van der Waals surface area contributed by atoms with Gasteiger partial charge in [0.25, 0.3) is 15.9 Å². The van der Waals surface area contributed by atoms with E-state index in [0.29, 0.717) is 29.7 Å². The van der Waals surface area contributed by atoms with Crippen molar-refractivity contribution in [1.29, 1.82) is 0 Å². The summed E-state index contributed by atoms with van der Waals surface area (Å²) >= 11 is 0. The van der Waals surface area contributed by atoms with E-state index in [1.807, 2.05) is 31.2 Å². The Morgan fingerprint density at radius 3 is 2.53 bits per heavy atom. The molecule has 1 saturated heterocycles. The van der Waals surface area contributed by atoms with Crippen LogP contribution in [0.4, 0.5) is 11.6 Å². The maximum absolute atomic E-state index is 13.5. The van der Waals surface area contributed by atoms with Crippen LogP contribution in [0.15, 0.2) is 53.6 Å². The van der Waals surface area contributed by atoms with Gasteiger partial charge in [-0.1, -0.05) is 25.1 Å². The second kappa shape index (κ2) is 9.42. The SMILES string of the molecule is COc1cccc(-c2nc(N3CC(C)CC3(C)C)c(C(=O)NS(=O)(=O)c3cccc(N)n3)cc2C)c1. The van der Waals surface area contributed by atoms with Gasteiger partial charge >= 0.3 is 0 Å². The number of methoxy groups -OCH3 is 1. The molecule has 1 aromatic carbocycles. The summed E-state index contributed by atoms with van der Waals surface area (Å²) in [4.78, 5) is 24.3. The van der Waals surface area contributed by atoms with Gasteiger partial charge in [-0.3, -0.25) is 4.79 Å². The molecule has 0 spiro atoms. The van der Waals surface area contributed by atoms with Crippen LogP contribution in [0.5, 0.6) is 5.75 Å². The van der Waals surface area contributed by atoms with Crippen LogP contribution >= 0.6 is 0 Å². The molecule has 1 fully saturated rings. The number of nitrogens with one attached hydrogen (secondary N) is 1. The van der Waals surface area contributed by atoms with Gasteiger partial charge in [0.05, 0.1) is 18.4 Å². The van der Waals surface area contributed by atoms with Crippen molar-refractivity contribution in [3.8, 4) is 17.0 Å². The highest BCUT2D eigenvalue weighted by atomic mass is 32.2. The van der Waals surface area contributed by atoms with Crippen molar-refractivity contribution in [2.45, 2.75) is 44.7 Å². The van der Waals surface area contributed by atoms with Gasteiger partial charge in [0.1, 0.15) is 17.4 Å². The number of carbonyl (C=O) groups excluding carboxylic acids is 1. The van der Waals surface area contributed by atoms with Gasteiger partial charge in [0.2, 0.25) is 0 Å². The van der Waals surface area contributed by atoms with E-state index in [1.54, 1.807) is 13.2 Å². The fourth-order valence-corrected chi connectivity index (χ4v) is 5.75. The molecule has 1 amide bonds. The first-order valence-electron chi connectivity index (χ1n) is 11.6. The van der Waals surface area contributed by atoms with Crippen LogP contribution in [0.25, 0.3) is 11.3 Å². The molecule has 10 heteroatoms. The number of pyridine rings is 2. The summed E-state index contributed by atoms with van der Waals surface area (Å²) in [5, 5.41) is -0.329. The van der Waals surface area contributed by atoms with E-state index in [9.17, 15) is 13.2 Å². The Hall–Kier alpha value is -3.66. The molecule has 1 atom stereocenters. The highest BCUT2D eigenvalue weighted by Crippen LogP contribution is 2.39. The fraction of sp³-hybridized carbons (Fsp3) is 0.346. The third-order valence-electron chi connectivity index (χ3n) is 6.36. The van der Waals surface area contributed by atoms with Crippen molar-refractivity contribution in [3.05, 3.63) is 59.7 Å². The van der Waals surface area contributed by atoms with E-state index in [1.165, 1.54) is 18.2 Å². The summed E-state index contributed by atoms with van der Waals surface area (Å²) in [7, 11) is -2.65. The van der Waals surface area contributed by atoms with Crippen LogP contribution in [0.1, 0.15) is 43.1 Å². The van der Waals surface area contributed by atoms with E-state index in [4.69, 9.17) is 15.5 Å². The van der Waals surface area contributed by atoms with Crippen LogP contribution in [0.2, 0.25) is 0 Å². The number of rotatable bonds is 6. The van der Waals surface area contributed by atoms with E-state index < -0.39 is 15.9 Å². The number of nitrogens with zero attached hydrogens (tertiary/aromatic N) is 3. The minimum atomic E-state index is -4.25. The lowest BCUT2D eigenvalue weighted by molar-refractivity contribution is 0.0981. The van der Waals surface area contributed by atoms with Crippen molar-refractivity contribution in [1.82, 2.24) is 14.7 Å². The molecule has 0 aliphatic carbocycles. The molecule has 36 heavy (non-hydrogen) atoms. The minimum absolute atomic E-state index is 0.0407. The van der Waals surface area contributed by atoms with Gasteiger partial charge in [-0.05, 0) is 69.0 Å². The second-order valence-corrected chi connectivity index (χ2v) is 11.5. The molecular formula is C26H31N5O4S. The lowest BCUT2D eigenvalue weighted by Crippen LogP contribution is -2.41. The maximum Gasteiger partial charge on any atom is 0.281 e. The Morgan fingerprint density at radius 1 is 1.17 bits per heavy atom. The smallest absolute Gasteiger partial charge is 0.281 e. The maximum atomic E-state index is 13.5. The predicted molar refractivity (Wildman–Crippen MR) is 139 cm³/mol. The molecule has 3 heterocycles. The van der Waals surface area contributed by atoms with Gasteiger partial charge in [0, 0.05) is 17.6 Å². The minimum Gasteiger partial charge on any atom is -0.497 e.